The first-order valence-corrected chi connectivity index (χ1v) is 9.94. The van der Waals surface area contributed by atoms with E-state index in [1.165, 1.54) is 17.4 Å². The van der Waals surface area contributed by atoms with Gasteiger partial charge in [0, 0.05) is 17.4 Å². The lowest BCUT2D eigenvalue weighted by Crippen LogP contribution is -2.15. The van der Waals surface area contributed by atoms with Gasteiger partial charge in [-0.25, -0.2) is 23.7 Å². The van der Waals surface area contributed by atoms with E-state index in [9.17, 15) is 13.6 Å². The lowest BCUT2D eigenvalue weighted by molar-refractivity contribution is 0.101. The van der Waals surface area contributed by atoms with Crippen LogP contribution in [0.4, 0.5) is 14.5 Å². The Kier molecular flexibility index (Phi) is 5.52. The van der Waals surface area contributed by atoms with Crippen LogP contribution >= 0.6 is 22.9 Å². The molecule has 0 fully saturated rings. The molecule has 0 spiro atoms. The second-order valence-electron chi connectivity index (χ2n) is 6.25. The monoisotopic (exact) mass is 442 g/mol. The Balaban J connectivity index is 1.69. The number of aromatic nitrogens is 3. The number of carbonyl (C=O) groups is 1. The molecule has 1 N–H and O–H groups in total. The number of nitrogens with zero attached hydrogens (tertiary/aromatic N) is 3. The van der Waals surface area contributed by atoms with Crippen LogP contribution in [0.1, 0.15) is 15.4 Å². The van der Waals surface area contributed by atoms with Crippen LogP contribution in [-0.4, -0.2) is 20.9 Å². The number of hydrogen-bond acceptors (Lipinski definition) is 5. The summed E-state index contributed by atoms with van der Waals surface area (Å²) in [6.07, 6.45) is 1.56. The van der Waals surface area contributed by atoms with E-state index >= 15 is 0 Å². The van der Waals surface area contributed by atoms with Gasteiger partial charge in [0.2, 0.25) is 5.28 Å². The van der Waals surface area contributed by atoms with Gasteiger partial charge in [0.05, 0.1) is 21.3 Å². The van der Waals surface area contributed by atoms with Gasteiger partial charge in [-0.15, -0.1) is 11.3 Å². The Bertz CT molecular complexity index is 1240. The van der Waals surface area contributed by atoms with Crippen molar-refractivity contribution in [2.45, 2.75) is 6.92 Å². The molecule has 2 heterocycles. The molecule has 4 rings (SSSR count). The number of carbonyl (C=O) groups excluding carboxylic acids is 1. The summed E-state index contributed by atoms with van der Waals surface area (Å²) in [5.74, 6) is -2.73. The number of rotatable bonds is 4. The van der Waals surface area contributed by atoms with Crippen molar-refractivity contribution in [2.75, 3.05) is 5.32 Å². The highest BCUT2D eigenvalue weighted by molar-refractivity contribution is 7.15. The predicted octanol–water partition coefficient (Wildman–Crippen LogP) is 5.76. The van der Waals surface area contributed by atoms with Crippen molar-refractivity contribution >= 4 is 34.5 Å². The van der Waals surface area contributed by atoms with Crippen LogP contribution in [0.25, 0.3) is 21.8 Å². The normalized spacial score (nSPS) is 10.8. The van der Waals surface area contributed by atoms with Gasteiger partial charge in [-0.05, 0) is 48.9 Å². The van der Waals surface area contributed by atoms with Crippen molar-refractivity contribution in [1.29, 1.82) is 0 Å². The summed E-state index contributed by atoms with van der Waals surface area (Å²) < 4.78 is 27.8. The summed E-state index contributed by atoms with van der Waals surface area (Å²) in [5, 5.41) is 3.47. The molecule has 5 nitrogen and oxygen atoms in total. The average molecular weight is 443 g/mol. The van der Waals surface area contributed by atoms with E-state index in [-0.39, 0.29) is 5.28 Å². The molecule has 0 aliphatic carbocycles. The second-order valence-corrected chi connectivity index (χ2v) is 7.79. The molecule has 150 valence electrons. The van der Waals surface area contributed by atoms with E-state index in [4.69, 9.17) is 11.6 Å². The molecule has 30 heavy (non-hydrogen) atoms. The van der Waals surface area contributed by atoms with Crippen molar-refractivity contribution in [3.05, 3.63) is 82.2 Å². The topological polar surface area (TPSA) is 67.8 Å². The summed E-state index contributed by atoms with van der Waals surface area (Å²) >= 11 is 7.36. The van der Waals surface area contributed by atoms with Crippen molar-refractivity contribution in [2.24, 2.45) is 0 Å². The highest BCUT2D eigenvalue weighted by Gasteiger charge is 2.19. The predicted molar refractivity (Wildman–Crippen MR) is 113 cm³/mol. The largest absolute Gasteiger partial charge is 0.322 e. The highest BCUT2D eigenvalue weighted by atomic mass is 35.5. The SMILES string of the molecule is Cc1nc(-c2cccc(NC(=O)c3c(F)cccc3F)c2)c(-c2ccnc(Cl)n2)s1. The number of nitrogens with one attached hydrogen (secondary N) is 1. The van der Waals surface area contributed by atoms with Crippen LogP contribution < -0.4 is 5.32 Å². The fourth-order valence-corrected chi connectivity index (χ4v) is 3.97. The maximum Gasteiger partial charge on any atom is 0.261 e. The van der Waals surface area contributed by atoms with Crippen LogP contribution in [0.2, 0.25) is 5.28 Å². The maximum absolute atomic E-state index is 13.9. The molecule has 2 aromatic carbocycles. The lowest BCUT2D eigenvalue weighted by atomic mass is 10.1. The summed E-state index contributed by atoms with van der Waals surface area (Å²) in [6.45, 7) is 1.87. The number of benzene rings is 2. The van der Waals surface area contributed by atoms with E-state index in [0.29, 0.717) is 22.6 Å². The molecule has 1 amide bonds. The minimum Gasteiger partial charge on any atom is -0.322 e. The quantitative estimate of drug-likeness (QED) is 0.408. The Morgan fingerprint density at radius 1 is 1.07 bits per heavy atom. The van der Waals surface area contributed by atoms with Gasteiger partial charge >= 0.3 is 0 Å². The van der Waals surface area contributed by atoms with Gasteiger partial charge in [0.15, 0.2) is 0 Å². The molecule has 0 aliphatic heterocycles. The van der Waals surface area contributed by atoms with E-state index in [2.05, 4.69) is 20.3 Å². The smallest absolute Gasteiger partial charge is 0.261 e. The fraction of sp³-hybridized carbons (Fsp3) is 0.0476. The third-order valence-corrected chi connectivity index (χ3v) is 5.35. The molecule has 0 saturated heterocycles. The molecule has 0 saturated carbocycles. The van der Waals surface area contributed by atoms with Gasteiger partial charge in [-0.1, -0.05) is 18.2 Å². The summed E-state index contributed by atoms with van der Waals surface area (Å²) in [5.41, 5.74) is 1.72. The standard InChI is InChI=1S/C21H13ClF2N4OS/c1-11-26-18(19(30-11)16-8-9-25-21(22)28-16)12-4-2-5-13(10-12)27-20(29)17-14(23)6-3-7-15(17)24/h2-10H,1H3,(H,27,29). The lowest BCUT2D eigenvalue weighted by Gasteiger charge is -2.09. The summed E-state index contributed by atoms with van der Waals surface area (Å²) in [4.78, 5) is 25.9. The zero-order valence-corrected chi connectivity index (χ0v) is 17.1. The Morgan fingerprint density at radius 2 is 1.80 bits per heavy atom. The first kappa shape index (κ1) is 20.1. The molecular formula is C21H13ClF2N4OS. The molecule has 0 radical (unpaired) electrons. The first-order valence-electron chi connectivity index (χ1n) is 8.74. The molecule has 2 aromatic heterocycles. The zero-order chi connectivity index (χ0) is 21.3. The number of halogens is 3. The summed E-state index contributed by atoms with van der Waals surface area (Å²) in [6, 6.07) is 11.8. The van der Waals surface area contributed by atoms with Crippen LogP contribution in [0.3, 0.4) is 0 Å². The number of anilines is 1. The van der Waals surface area contributed by atoms with E-state index < -0.39 is 23.1 Å². The number of aryl methyl sites for hydroxylation is 1. The van der Waals surface area contributed by atoms with Gasteiger partial charge in [0.1, 0.15) is 17.2 Å². The van der Waals surface area contributed by atoms with Gasteiger partial charge in [-0.3, -0.25) is 4.79 Å². The average Bonchev–Trinajstić information content (AvgIpc) is 3.10. The molecule has 4 aromatic rings. The molecule has 0 aliphatic rings. The third kappa shape index (κ3) is 4.05. The Labute approximate surface area is 179 Å². The van der Waals surface area contributed by atoms with Crippen LogP contribution in [0, 0.1) is 18.6 Å². The van der Waals surface area contributed by atoms with Gasteiger partial charge < -0.3 is 5.32 Å². The van der Waals surface area contributed by atoms with Crippen molar-refractivity contribution in [3.63, 3.8) is 0 Å². The minimum absolute atomic E-state index is 0.123. The molecule has 0 unspecified atom stereocenters. The van der Waals surface area contributed by atoms with E-state index in [1.807, 2.05) is 13.0 Å². The van der Waals surface area contributed by atoms with Crippen LogP contribution in [-0.2, 0) is 0 Å². The van der Waals surface area contributed by atoms with Crippen LogP contribution in [0.15, 0.2) is 54.7 Å². The van der Waals surface area contributed by atoms with Crippen molar-refractivity contribution in [3.8, 4) is 21.8 Å². The number of hydrogen-bond donors (Lipinski definition) is 1. The highest BCUT2D eigenvalue weighted by Crippen LogP contribution is 2.36. The Hall–Kier alpha value is -3.23. The minimum atomic E-state index is -0.929. The second kappa shape index (κ2) is 8.25. The van der Waals surface area contributed by atoms with Crippen molar-refractivity contribution < 1.29 is 13.6 Å². The number of amides is 1. The molecular weight excluding hydrogens is 430 g/mol. The van der Waals surface area contributed by atoms with Crippen molar-refractivity contribution in [1.82, 2.24) is 15.0 Å². The van der Waals surface area contributed by atoms with E-state index in [0.717, 1.165) is 22.0 Å². The first-order chi connectivity index (χ1) is 14.4. The Morgan fingerprint density at radius 3 is 2.53 bits per heavy atom. The van der Waals surface area contributed by atoms with Gasteiger partial charge in [-0.2, -0.15) is 0 Å². The maximum atomic E-state index is 13.9. The summed E-state index contributed by atoms with van der Waals surface area (Å²) in [7, 11) is 0. The number of thiazole rings is 1. The molecule has 9 heteroatoms. The molecule has 0 atom stereocenters. The third-order valence-electron chi connectivity index (χ3n) is 4.18. The molecule has 0 bridgehead atoms. The van der Waals surface area contributed by atoms with Gasteiger partial charge in [0.25, 0.3) is 5.91 Å². The zero-order valence-electron chi connectivity index (χ0n) is 15.5. The fourth-order valence-electron chi connectivity index (χ4n) is 2.91. The van der Waals surface area contributed by atoms with E-state index in [1.54, 1.807) is 30.5 Å². The van der Waals surface area contributed by atoms with Crippen LogP contribution in [0.5, 0.6) is 0 Å².